The first-order valence-electron chi connectivity index (χ1n) is 9.70. The largest absolute Gasteiger partial charge is 0.496 e. The summed E-state index contributed by atoms with van der Waals surface area (Å²) >= 11 is 0. The second kappa shape index (κ2) is 10.6. The third-order valence-electron chi connectivity index (χ3n) is 4.30. The Balaban J connectivity index is 2.35. The van der Waals surface area contributed by atoms with Gasteiger partial charge in [-0.15, -0.1) is 0 Å². The van der Waals surface area contributed by atoms with Crippen LogP contribution in [0.4, 0.5) is 5.69 Å². The molecule has 0 aromatic heterocycles. The highest BCUT2D eigenvalue weighted by molar-refractivity contribution is 7.92. The van der Waals surface area contributed by atoms with Gasteiger partial charge in [0.2, 0.25) is 0 Å². The maximum absolute atomic E-state index is 13.0. The van der Waals surface area contributed by atoms with Crippen LogP contribution in [0.5, 0.6) is 5.75 Å². The number of rotatable bonds is 10. The Morgan fingerprint density at radius 2 is 1.67 bits per heavy atom. The number of para-hydroxylation sites is 1. The van der Waals surface area contributed by atoms with E-state index in [2.05, 4.69) is 15.4 Å². The molecule has 8 nitrogen and oxygen atoms in total. The van der Waals surface area contributed by atoms with Crippen molar-refractivity contribution in [3.8, 4) is 5.75 Å². The van der Waals surface area contributed by atoms with E-state index in [9.17, 15) is 18.0 Å². The molecule has 2 amide bonds. The van der Waals surface area contributed by atoms with E-state index >= 15 is 0 Å². The quantitative estimate of drug-likeness (QED) is 0.499. The molecule has 0 saturated heterocycles. The van der Waals surface area contributed by atoms with Crippen LogP contribution in [0.1, 0.15) is 47.4 Å². The molecule has 0 aliphatic rings. The van der Waals surface area contributed by atoms with E-state index in [1.54, 1.807) is 25.1 Å². The summed E-state index contributed by atoms with van der Waals surface area (Å²) in [7, 11) is -2.66. The minimum Gasteiger partial charge on any atom is -0.496 e. The molecule has 0 atom stereocenters. The normalized spacial score (nSPS) is 10.9. The molecule has 0 heterocycles. The fourth-order valence-corrected chi connectivity index (χ4v) is 3.84. The van der Waals surface area contributed by atoms with Crippen LogP contribution in [0, 0.1) is 0 Å². The van der Waals surface area contributed by atoms with E-state index in [0.717, 1.165) is 12.8 Å². The number of anilines is 1. The van der Waals surface area contributed by atoms with Gasteiger partial charge in [0.15, 0.2) is 0 Å². The fraction of sp³-hybridized carbons (Fsp3) is 0.333. The number of methoxy groups -OCH3 is 1. The van der Waals surface area contributed by atoms with Gasteiger partial charge in [-0.2, -0.15) is 0 Å². The summed E-state index contributed by atoms with van der Waals surface area (Å²) in [6, 6.07) is 10.4. The molecule has 0 unspecified atom stereocenters. The number of hydrogen-bond acceptors (Lipinski definition) is 5. The summed E-state index contributed by atoms with van der Waals surface area (Å²) in [5.74, 6) is -0.544. The lowest BCUT2D eigenvalue weighted by Crippen LogP contribution is -2.26. The molecular weight excluding hydrogens is 406 g/mol. The van der Waals surface area contributed by atoms with E-state index in [1.165, 1.54) is 31.4 Å². The summed E-state index contributed by atoms with van der Waals surface area (Å²) in [5, 5.41) is 5.40. The number of carbonyl (C=O) groups excluding carboxylic acids is 2. The highest BCUT2D eigenvalue weighted by Crippen LogP contribution is 2.25. The predicted octanol–water partition coefficient (Wildman–Crippen LogP) is 2.78. The Morgan fingerprint density at radius 3 is 2.33 bits per heavy atom. The maximum atomic E-state index is 13.0. The molecule has 0 bridgehead atoms. The van der Waals surface area contributed by atoms with Crippen LogP contribution >= 0.6 is 0 Å². The van der Waals surface area contributed by atoms with Gasteiger partial charge in [0, 0.05) is 13.1 Å². The van der Waals surface area contributed by atoms with Gasteiger partial charge in [-0.05, 0) is 43.7 Å². The van der Waals surface area contributed by atoms with Crippen LogP contribution in [0.15, 0.2) is 47.4 Å². The second-order valence-corrected chi connectivity index (χ2v) is 8.16. The van der Waals surface area contributed by atoms with Crippen molar-refractivity contribution in [2.45, 2.75) is 31.6 Å². The average molecular weight is 434 g/mol. The van der Waals surface area contributed by atoms with Gasteiger partial charge in [0.1, 0.15) is 5.75 Å². The predicted molar refractivity (Wildman–Crippen MR) is 115 cm³/mol. The molecule has 0 radical (unpaired) electrons. The molecule has 2 rings (SSSR count). The first kappa shape index (κ1) is 23.2. The van der Waals surface area contributed by atoms with E-state index in [1.807, 2.05) is 6.92 Å². The second-order valence-electron chi connectivity index (χ2n) is 6.48. The van der Waals surface area contributed by atoms with Crippen LogP contribution in [0.2, 0.25) is 0 Å². The lowest BCUT2D eigenvalue weighted by atomic mass is 10.1. The molecule has 30 heavy (non-hydrogen) atoms. The number of unbranched alkanes of at least 4 members (excludes halogenated alkanes) is 1. The molecule has 0 fully saturated rings. The first-order valence-corrected chi connectivity index (χ1v) is 11.2. The minimum atomic E-state index is -4.06. The van der Waals surface area contributed by atoms with Gasteiger partial charge < -0.3 is 15.4 Å². The zero-order valence-corrected chi connectivity index (χ0v) is 18.1. The van der Waals surface area contributed by atoms with Crippen molar-refractivity contribution in [2.24, 2.45) is 0 Å². The standard InChI is InChI=1S/C21H27N3O5S/c1-4-6-13-23-20(25)16-9-7-8-10-18(16)24-30(27,28)15-11-12-19(29-3)17(14-15)21(26)22-5-2/h7-12,14,24H,4-6,13H2,1-3H3,(H,22,26)(H,23,25). The molecule has 0 aliphatic heterocycles. The van der Waals surface area contributed by atoms with Crippen molar-refractivity contribution in [1.29, 1.82) is 0 Å². The van der Waals surface area contributed by atoms with Crippen LogP contribution in [0.25, 0.3) is 0 Å². The third-order valence-corrected chi connectivity index (χ3v) is 5.66. The van der Waals surface area contributed by atoms with E-state index in [4.69, 9.17) is 4.74 Å². The molecule has 0 saturated carbocycles. The number of hydrogen-bond donors (Lipinski definition) is 3. The maximum Gasteiger partial charge on any atom is 0.261 e. The number of sulfonamides is 1. The van der Waals surface area contributed by atoms with Crippen molar-refractivity contribution in [3.05, 3.63) is 53.6 Å². The van der Waals surface area contributed by atoms with E-state index in [0.29, 0.717) is 13.1 Å². The Bertz CT molecular complexity index is 1010. The Morgan fingerprint density at radius 1 is 0.967 bits per heavy atom. The molecule has 0 aliphatic carbocycles. The topological polar surface area (TPSA) is 114 Å². The molecule has 2 aromatic carbocycles. The third kappa shape index (κ3) is 5.73. The van der Waals surface area contributed by atoms with Crippen molar-refractivity contribution < 1.29 is 22.7 Å². The van der Waals surface area contributed by atoms with Gasteiger partial charge >= 0.3 is 0 Å². The van der Waals surface area contributed by atoms with Gasteiger partial charge in [0.25, 0.3) is 21.8 Å². The van der Waals surface area contributed by atoms with E-state index < -0.39 is 15.9 Å². The number of nitrogens with one attached hydrogen (secondary N) is 3. The van der Waals surface area contributed by atoms with Crippen molar-refractivity contribution >= 4 is 27.5 Å². The molecular formula is C21H27N3O5S. The molecule has 3 N–H and O–H groups in total. The molecule has 0 spiro atoms. The Kier molecular flexibility index (Phi) is 8.23. The van der Waals surface area contributed by atoms with Crippen LogP contribution in [0.3, 0.4) is 0 Å². The summed E-state index contributed by atoms with van der Waals surface area (Å²) in [4.78, 5) is 24.6. The molecule has 9 heteroatoms. The van der Waals surface area contributed by atoms with Crippen molar-refractivity contribution in [1.82, 2.24) is 10.6 Å². The Hall–Kier alpha value is -3.07. The van der Waals surface area contributed by atoms with Crippen LogP contribution in [-0.4, -0.2) is 40.4 Å². The van der Waals surface area contributed by atoms with Gasteiger partial charge in [-0.25, -0.2) is 8.42 Å². The highest BCUT2D eigenvalue weighted by atomic mass is 32.2. The molecule has 162 valence electrons. The average Bonchev–Trinajstić information content (AvgIpc) is 2.73. The van der Waals surface area contributed by atoms with Crippen LogP contribution in [-0.2, 0) is 10.0 Å². The van der Waals surface area contributed by atoms with Gasteiger partial charge in [-0.1, -0.05) is 25.5 Å². The number of amides is 2. The van der Waals surface area contributed by atoms with Crippen molar-refractivity contribution in [2.75, 3.05) is 24.9 Å². The number of carbonyl (C=O) groups is 2. The number of benzene rings is 2. The zero-order chi connectivity index (χ0) is 22.1. The molecule has 2 aromatic rings. The smallest absolute Gasteiger partial charge is 0.261 e. The summed E-state index contributed by atoms with van der Waals surface area (Å²) < 4.78 is 33.5. The summed E-state index contributed by atoms with van der Waals surface area (Å²) in [6.07, 6.45) is 1.76. The van der Waals surface area contributed by atoms with Gasteiger partial charge in [0.05, 0.1) is 28.8 Å². The summed E-state index contributed by atoms with van der Waals surface area (Å²) in [5.41, 5.74) is 0.476. The van der Waals surface area contributed by atoms with E-state index in [-0.39, 0.29) is 33.4 Å². The minimum absolute atomic E-state index is 0.104. The van der Waals surface area contributed by atoms with Crippen LogP contribution < -0.4 is 20.1 Å². The lowest BCUT2D eigenvalue weighted by molar-refractivity contribution is 0.0945. The summed E-state index contributed by atoms with van der Waals surface area (Å²) in [6.45, 7) is 4.66. The number of ether oxygens (including phenoxy) is 1. The lowest BCUT2D eigenvalue weighted by Gasteiger charge is -2.14. The fourth-order valence-electron chi connectivity index (χ4n) is 2.74. The first-order chi connectivity index (χ1) is 14.3. The van der Waals surface area contributed by atoms with Crippen molar-refractivity contribution in [3.63, 3.8) is 0 Å². The van der Waals surface area contributed by atoms with Gasteiger partial charge in [-0.3, -0.25) is 14.3 Å². The Labute approximate surface area is 177 Å². The monoisotopic (exact) mass is 433 g/mol. The zero-order valence-electron chi connectivity index (χ0n) is 17.3. The highest BCUT2D eigenvalue weighted by Gasteiger charge is 2.22. The SMILES string of the molecule is CCCCNC(=O)c1ccccc1NS(=O)(=O)c1ccc(OC)c(C(=O)NCC)c1.